The molecule has 0 spiro atoms. The van der Waals surface area contributed by atoms with Crippen molar-refractivity contribution in [3.8, 4) is 0 Å². The summed E-state index contributed by atoms with van der Waals surface area (Å²) in [5.74, 6) is 0.516. The van der Waals surface area contributed by atoms with Crippen molar-refractivity contribution in [2.24, 2.45) is 0 Å². The normalized spacial score (nSPS) is 11.4. The van der Waals surface area contributed by atoms with Crippen molar-refractivity contribution < 1.29 is 0 Å². The van der Waals surface area contributed by atoms with Crippen molar-refractivity contribution in [3.05, 3.63) is 28.9 Å². The van der Waals surface area contributed by atoms with Crippen molar-refractivity contribution >= 4 is 21.4 Å². The highest BCUT2D eigenvalue weighted by Gasteiger charge is 2.08. The van der Waals surface area contributed by atoms with E-state index in [4.69, 9.17) is 0 Å². The second-order valence-corrected chi connectivity index (χ2v) is 4.53. The Hall–Kier alpha value is -0.890. The predicted molar refractivity (Wildman–Crippen MR) is 58.4 cm³/mol. The first-order valence-electron chi connectivity index (χ1n) is 4.53. The van der Waals surface area contributed by atoms with E-state index in [9.17, 15) is 0 Å². The molecule has 0 saturated heterocycles. The smallest absolute Gasteiger partial charge is 0.0606 e. The predicted octanol–water partition coefficient (Wildman–Crippen LogP) is 3.73. The maximum atomic E-state index is 4.43. The number of aromatic nitrogens is 1. The van der Waals surface area contributed by atoms with Crippen LogP contribution in [0.4, 0.5) is 0 Å². The molecule has 0 bridgehead atoms. The van der Waals surface area contributed by atoms with Gasteiger partial charge in [-0.25, -0.2) is 0 Å². The summed E-state index contributed by atoms with van der Waals surface area (Å²) in [5.41, 5.74) is 2.60. The Labute approximate surface area is 82.4 Å². The summed E-state index contributed by atoms with van der Waals surface area (Å²) in [4.78, 5) is 4.43. The van der Waals surface area contributed by atoms with Crippen LogP contribution in [0, 0.1) is 6.92 Å². The lowest BCUT2D eigenvalue weighted by Gasteiger charge is -2.04. The summed E-state index contributed by atoms with van der Waals surface area (Å²) in [5, 5.41) is 3.57. The molecule has 0 radical (unpaired) electrons. The lowest BCUT2D eigenvalue weighted by molar-refractivity contribution is 0.836. The van der Waals surface area contributed by atoms with Crippen LogP contribution in [0.15, 0.2) is 17.6 Å². The largest absolute Gasteiger partial charge is 0.260 e. The Kier molecular flexibility index (Phi) is 2.08. The zero-order chi connectivity index (χ0) is 9.42. The number of aryl methyl sites for hydroxylation is 1. The van der Waals surface area contributed by atoms with Crippen molar-refractivity contribution in [3.63, 3.8) is 0 Å². The summed E-state index contributed by atoms with van der Waals surface area (Å²) < 4.78 is 1.36. The molecule has 13 heavy (non-hydrogen) atoms. The molecule has 1 nitrogen and oxygen atoms in total. The third kappa shape index (κ3) is 1.35. The average molecular weight is 191 g/mol. The van der Waals surface area contributed by atoms with Gasteiger partial charge >= 0.3 is 0 Å². The van der Waals surface area contributed by atoms with Gasteiger partial charge in [-0.1, -0.05) is 13.8 Å². The van der Waals surface area contributed by atoms with Crippen molar-refractivity contribution in [1.82, 2.24) is 4.98 Å². The highest BCUT2D eigenvalue weighted by atomic mass is 32.1. The molecule has 0 aliphatic heterocycles. The van der Waals surface area contributed by atoms with Crippen LogP contribution < -0.4 is 0 Å². The Balaban J connectivity index is 2.77. The average Bonchev–Trinajstić information content (AvgIpc) is 2.48. The molecule has 0 fully saturated rings. The van der Waals surface area contributed by atoms with E-state index in [2.05, 4.69) is 37.2 Å². The van der Waals surface area contributed by atoms with Gasteiger partial charge in [0.1, 0.15) is 0 Å². The van der Waals surface area contributed by atoms with Crippen LogP contribution in [0.1, 0.15) is 31.0 Å². The number of hydrogen-bond donors (Lipinski definition) is 0. The Morgan fingerprint density at radius 1 is 1.38 bits per heavy atom. The molecule has 2 heterocycles. The fraction of sp³-hybridized carbons (Fsp3) is 0.364. The van der Waals surface area contributed by atoms with Gasteiger partial charge in [-0.2, -0.15) is 0 Å². The molecule has 0 N–H and O–H groups in total. The Morgan fingerprint density at radius 3 is 2.85 bits per heavy atom. The summed E-state index contributed by atoms with van der Waals surface area (Å²) in [6.07, 6.45) is 1.91. The quantitative estimate of drug-likeness (QED) is 0.669. The van der Waals surface area contributed by atoms with Crippen LogP contribution in [-0.2, 0) is 0 Å². The molecule has 0 saturated carbocycles. The number of rotatable bonds is 1. The number of fused-ring (bicyclic) bond motifs is 1. The van der Waals surface area contributed by atoms with Gasteiger partial charge in [0.15, 0.2) is 0 Å². The molecule has 68 valence electrons. The highest BCUT2D eigenvalue weighted by Crippen LogP contribution is 2.30. The molecule has 0 unspecified atom stereocenters. The van der Waals surface area contributed by atoms with Crippen LogP contribution in [0.5, 0.6) is 0 Å². The number of pyridine rings is 1. The standard InChI is InChI=1S/C11H13NS/c1-7(2)10-11-9(4-5-12-10)8(3)6-13-11/h4-7H,1-3H3. The van der Waals surface area contributed by atoms with Crippen LogP contribution in [0.25, 0.3) is 10.1 Å². The van der Waals surface area contributed by atoms with E-state index >= 15 is 0 Å². The van der Waals surface area contributed by atoms with E-state index < -0.39 is 0 Å². The summed E-state index contributed by atoms with van der Waals surface area (Å²) in [6.45, 7) is 6.54. The van der Waals surface area contributed by atoms with Gasteiger partial charge in [0.05, 0.1) is 10.4 Å². The van der Waals surface area contributed by atoms with Crippen molar-refractivity contribution in [1.29, 1.82) is 0 Å². The maximum absolute atomic E-state index is 4.43. The fourth-order valence-corrected chi connectivity index (χ4v) is 2.71. The van der Waals surface area contributed by atoms with E-state index in [1.807, 2.05) is 6.20 Å². The summed E-state index contributed by atoms with van der Waals surface area (Å²) in [6, 6.07) is 2.10. The van der Waals surface area contributed by atoms with Crippen LogP contribution in [0.3, 0.4) is 0 Å². The maximum Gasteiger partial charge on any atom is 0.0606 e. The van der Waals surface area contributed by atoms with Gasteiger partial charge < -0.3 is 0 Å². The number of hydrogen-bond acceptors (Lipinski definition) is 2. The SMILES string of the molecule is Cc1csc2c(C(C)C)nccc12. The second-order valence-electron chi connectivity index (χ2n) is 3.65. The molecule has 2 aromatic rings. The topological polar surface area (TPSA) is 12.9 Å². The van der Waals surface area contributed by atoms with Crippen LogP contribution in [-0.4, -0.2) is 4.98 Å². The van der Waals surface area contributed by atoms with Gasteiger partial charge in [0.2, 0.25) is 0 Å². The third-order valence-corrected chi connectivity index (χ3v) is 3.39. The summed E-state index contributed by atoms with van der Waals surface area (Å²) in [7, 11) is 0. The van der Waals surface area contributed by atoms with Gasteiger partial charge in [0, 0.05) is 6.20 Å². The summed E-state index contributed by atoms with van der Waals surface area (Å²) >= 11 is 1.81. The van der Waals surface area contributed by atoms with Gasteiger partial charge in [-0.15, -0.1) is 11.3 Å². The highest BCUT2D eigenvalue weighted by molar-refractivity contribution is 7.17. The molecule has 0 amide bonds. The molecule has 2 heteroatoms. The molecular formula is C11H13NS. The van der Waals surface area contributed by atoms with Gasteiger partial charge in [0.25, 0.3) is 0 Å². The van der Waals surface area contributed by atoms with Crippen molar-refractivity contribution in [2.75, 3.05) is 0 Å². The van der Waals surface area contributed by atoms with Crippen molar-refractivity contribution in [2.45, 2.75) is 26.7 Å². The molecule has 0 atom stereocenters. The first-order chi connectivity index (χ1) is 6.20. The van der Waals surface area contributed by atoms with E-state index in [0.29, 0.717) is 5.92 Å². The van der Waals surface area contributed by atoms with E-state index in [-0.39, 0.29) is 0 Å². The molecule has 0 aliphatic rings. The van der Waals surface area contributed by atoms with Crippen LogP contribution in [0.2, 0.25) is 0 Å². The van der Waals surface area contributed by atoms with Gasteiger partial charge in [-0.3, -0.25) is 4.98 Å². The number of nitrogens with zero attached hydrogens (tertiary/aromatic N) is 1. The first kappa shape index (κ1) is 8.70. The lowest BCUT2D eigenvalue weighted by Crippen LogP contribution is -1.91. The monoisotopic (exact) mass is 191 g/mol. The minimum absolute atomic E-state index is 0.516. The van der Waals surface area contributed by atoms with E-state index in [1.165, 1.54) is 21.3 Å². The fourth-order valence-electron chi connectivity index (χ4n) is 1.52. The molecular weight excluding hydrogens is 178 g/mol. The lowest BCUT2D eigenvalue weighted by atomic mass is 10.1. The first-order valence-corrected chi connectivity index (χ1v) is 5.41. The zero-order valence-electron chi connectivity index (χ0n) is 8.16. The minimum Gasteiger partial charge on any atom is -0.260 e. The van der Waals surface area contributed by atoms with E-state index in [0.717, 1.165) is 0 Å². The third-order valence-electron chi connectivity index (χ3n) is 2.26. The molecule has 2 rings (SSSR count). The van der Waals surface area contributed by atoms with E-state index in [1.54, 1.807) is 11.3 Å². The van der Waals surface area contributed by atoms with Gasteiger partial charge in [-0.05, 0) is 35.2 Å². The second kappa shape index (κ2) is 3.11. The molecule has 2 aromatic heterocycles. The zero-order valence-corrected chi connectivity index (χ0v) is 8.98. The molecule has 0 aromatic carbocycles. The Morgan fingerprint density at radius 2 is 2.15 bits per heavy atom. The minimum atomic E-state index is 0.516. The molecule has 0 aliphatic carbocycles. The number of thiophene rings is 1. The Bertz CT molecular complexity index is 429. The van der Waals surface area contributed by atoms with Crippen LogP contribution >= 0.6 is 11.3 Å².